The van der Waals surface area contributed by atoms with Crippen molar-refractivity contribution in [3.8, 4) is 0 Å². The number of hydrogen-bond acceptors (Lipinski definition) is 3. The van der Waals surface area contributed by atoms with E-state index in [4.69, 9.17) is 22.1 Å². The number of carbonyl (C=O) groups excluding carboxylic acids is 1. The molecule has 1 amide bonds. The summed E-state index contributed by atoms with van der Waals surface area (Å²) in [5.74, 6) is -0.210. The zero-order chi connectivity index (χ0) is 13.1. The fourth-order valence-electron chi connectivity index (χ4n) is 2.09. The lowest BCUT2D eigenvalue weighted by atomic mass is 9.89. The number of hydrogen-bond donors (Lipinski definition) is 2. The van der Waals surface area contributed by atoms with Crippen LogP contribution in [0.25, 0.3) is 0 Å². The molecule has 0 radical (unpaired) electrons. The Morgan fingerprint density at radius 3 is 2.89 bits per heavy atom. The summed E-state index contributed by atoms with van der Waals surface area (Å²) in [6.07, 6.45) is 1.97. The van der Waals surface area contributed by atoms with Gasteiger partial charge in [0.1, 0.15) is 0 Å². The molecule has 0 spiro atoms. The summed E-state index contributed by atoms with van der Waals surface area (Å²) >= 11 is 5.98. The van der Waals surface area contributed by atoms with Crippen LogP contribution in [0.4, 0.5) is 5.69 Å². The maximum absolute atomic E-state index is 12.0. The highest BCUT2D eigenvalue weighted by atomic mass is 35.5. The van der Waals surface area contributed by atoms with Gasteiger partial charge >= 0.3 is 0 Å². The summed E-state index contributed by atoms with van der Waals surface area (Å²) in [6, 6.07) is 5.22. The van der Waals surface area contributed by atoms with Gasteiger partial charge in [-0.3, -0.25) is 4.79 Å². The van der Waals surface area contributed by atoms with Gasteiger partial charge in [0, 0.05) is 18.3 Å². The van der Waals surface area contributed by atoms with E-state index < -0.39 is 0 Å². The molecule has 1 fully saturated rings. The van der Waals surface area contributed by atoms with Gasteiger partial charge in [-0.05, 0) is 31.9 Å². The number of carbonyl (C=O) groups is 1. The van der Waals surface area contributed by atoms with Crippen LogP contribution in [0.2, 0.25) is 5.02 Å². The van der Waals surface area contributed by atoms with E-state index in [0.717, 1.165) is 12.8 Å². The lowest BCUT2D eigenvalue weighted by molar-refractivity contribution is -0.00861. The van der Waals surface area contributed by atoms with Crippen LogP contribution >= 0.6 is 11.6 Å². The number of amides is 1. The summed E-state index contributed by atoms with van der Waals surface area (Å²) in [7, 11) is 0. The SMILES string of the molecule is CCOC1CC(NC(=O)c2c(N)cccc2Cl)C1. The minimum atomic E-state index is -0.210. The lowest BCUT2D eigenvalue weighted by Gasteiger charge is -2.35. The van der Waals surface area contributed by atoms with E-state index in [1.54, 1.807) is 18.2 Å². The van der Waals surface area contributed by atoms with Crippen LogP contribution in [0.1, 0.15) is 30.1 Å². The van der Waals surface area contributed by atoms with E-state index in [1.807, 2.05) is 6.92 Å². The van der Waals surface area contributed by atoms with Crippen LogP contribution in [-0.2, 0) is 4.74 Å². The second-order valence-electron chi connectivity index (χ2n) is 4.42. The number of anilines is 1. The normalized spacial score (nSPS) is 22.3. The second kappa shape index (κ2) is 5.59. The average Bonchev–Trinajstić information content (AvgIpc) is 2.26. The Balaban J connectivity index is 1.93. The quantitative estimate of drug-likeness (QED) is 0.823. The number of halogens is 1. The fraction of sp³-hybridized carbons (Fsp3) is 0.462. The fourth-order valence-corrected chi connectivity index (χ4v) is 2.36. The Morgan fingerprint density at radius 2 is 2.28 bits per heavy atom. The van der Waals surface area contributed by atoms with Crippen LogP contribution in [0.15, 0.2) is 18.2 Å². The van der Waals surface area contributed by atoms with Crippen molar-refractivity contribution >= 4 is 23.2 Å². The summed E-state index contributed by atoms with van der Waals surface area (Å²) in [5.41, 5.74) is 6.53. The Morgan fingerprint density at radius 1 is 1.56 bits per heavy atom. The molecule has 0 unspecified atom stereocenters. The van der Waals surface area contributed by atoms with E-state index in [1.165, 1.54) is 0 Å². The molecule has 1 aliphatic rings. The molecule has 98 valence electrons. The zero-order valence-corrected chi connectivity index (χ0v) is 11.0. The van der Waals surface area contributed by atoms with Crippen LogP contribution in [0.5, 0.6) is 0 Å². The molecule has 0 bridgehead atoms. The first-order chi connectivity index (χ1) is 8.61. The molecule has 1 aromatic carbocycles. The van der Waals surface area contributed by atoms with Gasteiger partial charge in [-0.25, -0.2) is 0 Å². The molecule has 4 nitrogen and oxygen atoms in total. The predicted octanol–water partition coefficient (Wildman–Crippen LogP) is 2.22. The van der Waals surface area contributed by atoms with Gasteiger partial charge in [0.05, 0.1) is 16.7 Å². The molecule has 1 aliphatic carbocycles. The first kappa shape index (κ1) is 13.2. The van der Waals surface area contributed by atoms with Gasteiger partial charge < -0.3 is 15.8 Å². The molecular formula is C13H17ClN2O2. The second-order valence-corrected chi connectivity index (χ2v) is 4.83. The number of rotatable bonds is 4. The molecule has 2 rings (SSSR count). The summed E-state index contributed by atoms with van der Waals surface area (Å²) < 4.78 is 5.44. The van der Waals surface area contributed by atoms with Crippen molar-refractivity contribution in [2.75, 3.05) is 12.3 Å². The molecule has 18 heavy (non-hydrogen) atoms. The molecule has 1 aromatic rings. The average molecular weight is 269 g/mol. The molecule has 0 heterocycles. The number of nitrogens with two attached hydrogens (primary N) is 1. The van der Waals surface area contributed by atoms with Gasteiger partial charge in [0.15, 0.2) is 0 Å². The maximum atomic E-state index is 12.0. The van der Waals surface area contributed by atoms with Gasteiger partial charge in [-0.1, -0.05) is 17.7 Å². The highest BCUT2D eigenvalue weighted by Crippen LogP contribution is 2.26. The zero-order valence-electron chi connectivity index (χ0n) is 10.3. The summed E-state index contributed by atoms with van der Waals surface area (Å²) in [6.45, 7) is 2.68. The summed E-state index contributed by atoms with van der Waals surface area (Å²) in [4.78, 5) is 12.0. The number of benzene rings is 1. The Kier molecular flexibility index (Phi) is 4.09. The van der Waals surface area contributed by atoms with Crippen molar-refractivity contribution in [3.63, 3.8) is 0 Å². The van der Waals surface area contributed by atoms with Crippen LogP contribution < -0.4 is 11.1 Å². The molecule has 0 atom stereocenters. The topological polar surface area (TPSA) is 64.3 Å². The van der Waals surface area contributed by atoms with Gasteiger partial charge in [0.25, 0.3) is 5.91 Å². The molecule has 1 saturated carbocycles. The van der Waals surface area contributed by atoms with E-state index in [0.29, 0.717) is 22.9 Å². The molecule has 3 N–H and O–H groups in total. The first-order valence-corrected chi connectivity index (χ1v) is 6.46. The number of nitrogen functional groups attached to an aromatic ring is 1. The third-order valence-electron chi connectivity index (χ3n) is 3.11. The standard InChI is InChI=1S/C13H17ClN2O2/c1-2-18-9-6-8(7-9)16-13(17)12-10(14)4-3-5-11(12)15/h3-5,8-9H,2,6-7,15H2,1H3,(H,16,17). The van der Waals surface area contributed by atoms with Crippen LogP contribution in [-0.4, -0.2) is 24.7 Å². The third-order valence-corrected chi connectivity index (χ3v) is 3.42. The number of ether oxygens (including phenoxy) is 1. The maximum Gasteiger partial charge on any atom is 0.255 e. The number of nitrogens with one attached hydrogen (secondary N) is 1. The van der Waals surface area contributed by atoms with E-state index >= 15 is 0 Å². The third kappa shape index (κ3) is 2.76. The van der Waals surface area contributed by atoms with Crippen molar-refractivity contribution in [1.82, 2.24) is 5.32 Å². The van der Waals surface area contributed by atoms with Crippen LogP contribution in [0, 0.1) is 0 Å². The van der Waals surface area contributed by atoms with Crippen molar-refractivity contribution in [2.24, 2.45) is 0 Å². The van der Waals surface area contributed by atoms with E-state index in [2.05, 4.69) is 5.32 Å². The van der Waals surface area contributed by atoms with Crippen molar-refractivity contribution in [1.29, 1.82) is 0 Å². The van der Waals surface area contributed by atoms with Crippen molar-refractivity contribution in [3.05, 3.63) is 28.8 Å². The lowest BCUT2D eigenvalue weighted by Crippen LogP contribution is -2.48. The first-order valence-electron chi connectivity index (χ1n) is 6.08. The largest absolute Gasteiger partial charge is 0.398 e. The molecular weight excluding hydrogens is 252 g/mol. The van der Waals surface area contributed by atoms with Crippen molar-refractivity contribution < 1.29 is 9.53 Å². The van der Waals surface area contributed by atoms with Gasteiger partial charge in [-0.2, -0.15) is 0 Å². The van der Waals surface area contributed by atoms with Crippen molar-refractivity contribution in [2.45, 2.75) is 31.9 Å². The minimum absolute atomic E-state index is 0.157. The Hall–Kier alpha value is -1.26. The van der Waals surface area contributed by atoms with Gasteiger partial charge in [0.2, 0.25) is 0 Å². The Labute approximate surface area is 111 Å². The molecule has 0 saturated heterocycles. The predicted molar refractivity (Wildman–Crippen MR) is 71.8 cm³/mol. The van der Waals surface area contributed by atoms with Crippen LogP contribution in [0.3, 0.4) is 0 Å². The highest BCUT2D eigenvalue weighted by molar-refractivity contribution is 6.34. The molecule has 5 heteroatoms. The monoisotopic (exact) mass is 268 g/mol. The Bertz CT molecular complexity index is 424. The van der Waals surface area contributed by atoms with Gasteiger partial charge in [-0.15, -0.1) is 0 Å². The minimum Gasteiger partial charge on any atom is -0.398 e. The smallest absolute Gasteiger partial charge is 0.255 e. The summed E-state index contributed by atoms with van der Waals surface area (Å²) in [5, 5.41) is 3.30. The van der Waals surface area contributed by atoms with E-state index in [9.17, 15) is 4.79 Å². The molecule has 0 aromatic heterocycles. The molecule has 0 aliphatic heterocycles. The highest BCUT2D eigenvalue weighted by Gasteiger charge is 2.31. The van der Waals surface area contributed by atoms with E-state index in [-0.39, 0.29) is 18.1 Å².